The molecular weight excluding hydrogens is 306 g/mol. The molecule has 0 bridgehead atoms. The number of benzene rings is 2. The number of nitro benzene ring substituents is 1. The number of nitrogens with zero attached hydrogens (tertiary/aromatic N) is 1. The lowest BCUT2D eigenvalue weighted by Gasteiger charge is -2.08. The third-order valence-corrected chi connectivity index (χ3v) is 4.52. The molecule has 0 saturated carbocycles. The molecule has 3 aromatic rings. The van der Waals surface area contributed by atoms with E-state index in [4.69, 9.17) is 0 Å². The van der Waals surface area contributed by atoms with Gasteiger partial charge < -0.3 is 4.98 Å². The van der Waals surface area contributed by atoms with Gasteiger partial charge in [-0.1, -0.05) is 6.07 Å². The van der Waals surface area contributed by atoms with Crippen LogP contribution in [0, 0.1) is 10.1 Å². The maximum atomic E-state index is 12.3. The van der Waals surface area contributed by atoms with Gasteiger partial charge in [0.1, 0.15) is 0 Å². The van der Waals surface area contributed by atoms with E-state index in [1.54, 1.807) is 24.4 Å². The number of nitrogens with one attached hydrogen (secondary N) is 2. The zero-order chi connectivity index (χ0) is 15.7. The number of rotatable bonds is 4. The molecule has 0 saturated heterocycles. The minimum absolute atomic E-state index is 0.157. The van der Waals surface area contributed by atoms with Crippen molar-refractivity contribution in [2.75, 3.05) is 4.72 Å². The fourth-order valence-electron chi connectivity index (χ4n) is 2.10. The van der Waals surface area contributed by atoms with E-state index >= 15 is 0 Å². The Morgan fingerprint density at radius 1 is 1.09 bits per heavy atom. The SMILES string of the molecule is O=[N+]([O-])c1cccc(S(=O)(=O)Nc2ccc3[nH]ccc3c2)c1. The van der Waals surface area contributed by atoms with Crippen molar-refractivity contribution in [3.63, 3.8) is 0 Å². The van der Waals surface area contributed by atoms with Crippen molar-refractivity contribution in [3.8, 4) is 0 Å². The van der Waals surface area contributed by atoms with Crippen LogP contribution in [0.25, 0.3) is 10.9 Å². The standard InChI is InChI=1S/C14H11N3O4S/c18-17(19)12-2-1-3-13(9-12)22(20,21)16-11-4-5-14-10(8-11)6-7-15-14/h1-9,15-16H. The molecule has 0 atom stereocenters. The summed E-state index contributed by atoms with van der Waals surface area (Å²) in [6, 6.07) is 11.8. The Hall–Kier alpha value is -2.87. The Morgan fingerprint density at radius 2 is 1.91 bits per heavy atom. The first kappa shape index (κ1) is 14.1. The lowest BCUT2D eigenvalue weighted by Crippen LogP contribution is -2.13. The maximum Gasteiger partial charge on any atom is 0.270 e. The first-order valence-electron chi connectivity index (χ1n) is 6.30. The van der Waals surface area contributed by atoms with Crippen molar-refractivity contribution in [2.24, 2.45) is 0 Å². The number of nitro groups is 1. The molecule has 0 radical (unpaired) electrons. The molecule has 0 aliphatic carbocycles. The van der Waals surface area contributed by atoms with Crippen LogP contribution in [0.5, 0.6) is 0 Å². The Balaban J connectivity index is 1.95. The number of anilines is 1. The van der Waals surface area contributed by atoms with E-state index in [1.165, 1.54) is 18.2 Å². The van der Waals surface area contributed by atoms with Crippen LogP contribution in [0.2, 0.25) is 0 Å². The van der Waals surface area contributed by atoms with E-state index in [0.29, 0.717) is 5.69 Å². The summed E-state index contributed by atoms with van der Waals surface area (Å²) in [6.07, 6.45) is 1.75. The third-order valence-electron chi connectivity index (χ3n) is 3.14. The highest BCUT2D eigenvalue weighted by atomic mass is 32.2. The van der Waals surface area contributed by atoms with E-state index in [9.17, 15) is 18.5 Å². The summed E-state index contributed by atoms with van der Waals surface area (Å²) in [4.78, 5) is 13.0. The van der Waals surface area contributed by atoms with Crippen LogP contribution in [-0.4, -0.2) is 18.3 Å². The van der Waals surface area contributed by atoms with E-state index in [1.807, 2.05) is 6.07 Å². The van der Waals surface area contributed by atoms with Gasteiger partial charge in [0, 0.05) is 34.9 Å². The van der Waals surface area contributed by atoms with Crippen LogP contribution in [0.3, 0.4) is 0 Å². The maximum absolute atomic E-state index is 12.3. The van der Waals surface area contributed by atoms with Crippen LogP contribution in [-0.2, 0) is 10.0 Å². The van der Waals surface area contributed by atoms with Gasteiger partial charge in [-0.15, -0.1) is 0 Å². The lowest BCUT2D eigenvalue weighted by atomic mass is 10.2. The van der Waals surface area contributed by atoms with Crippen LogP contribution in [0.15, 0.2) is 59.6 Å². The quantitative estimate of drug-likeness (QED) is 0.570. The highest BCUT2D eigenvalue weighted by molar-refractivity contribution is 7.92. The van der Waals surface area contributed by atoms with Gasteiger partial charge >= 0.3 is 0 Å². The first-order valence-corrected chi connectivity index (χ1v) is 7.78. The van der Waals surface area contributed by atoms with Gasteiger partial charge in [-0.2, -0.15) is 0 Å². The van der Waals surface area contributed by atoms with Crippen LogP contribution in [0.4, 0.5) is 11.4 Å². The van der Waals surface area contributed by atoms with E-state index in [0.717, 1.165) is 17.0 Å². The molecule has 112 valence electrons. The molecule has 2 aromatic carbocycles. The second kappa shape index (κ2) is 5.15. The molecule has 8 heteroatoms. The van der Waals surface area contributed by atoms with Gasteiger partial charge in [0.25, 0.3) is 15.7 Å². The molecule has 0 aliphatic heterocycles. The van der Waals surface area contributed by atoms with Gasteiger partial charge in [0.15, 0.2) is 0 Å². The average Bonchev–Trinajstić information content (AvgIpc) is 2.94. The predicted molar refractivity (Wildman–Crippen MR) is 82.2 cm³/mol. The highest BCUT2D eigenvalue weighted by Gasteiger charge is 2.17. The van der Waals surface area contributed by atoms with Crippen LogP contribution < -0.4 is 4.72 Å². The van der Waals surface area contributed by atoms with Gasteiger partial charge in [-0.25, -0.2) is 8.42 Å². The fourth-order valence-corrected chi connectivity index (χ4v) is 3.18. The number of non-ortho nitro benzene ring substituents is 1. The number of sulfonamides is 1. The van der Waals surface area contributed by atoms with Gasteiger partial charge in [0.2, 0.25) is 0 Å². The molecule has 0 amide bonds. The first-order chi connectivity index (χ1) is 10.5. The molecule has 1 heterocycles. The summed E-state index contributed by atoms with van der Waals surface area (Å²) in [5.74, 6) is 0. The van der Waals surface area contributed by atoms with Crippen molar-refractivity contribution in [3.05, 3.63) is 64.8 Å². The Morgan fingerprint density at radius 3 is 2.68 bits per heavy atom. The number of hydrogen-bond acceptors (Lipinski definition) is 4. The molecule has 3 rings (SSSR count). The average molecular weight is 317 g/mol. The van der Waals surface area contributed by atoms with Crippen molar-refractivity contribution < 1.29 is 13.3 Å². The topological polar surface area (TPSA) is 105 Å². The Kier molecular flexibility index (Phi) is 3.30. The summed E-state index contributed by atoms with van der Waals surface area (Å²) < 4.78 is 27.0. The number of H-pyrrole nitrogens is 1. The largest absolute Gasteiger partial charge is 0.361 e. The van der Waals surface area contributed by atoms with Crippen molar-refractivity contribution >= 4 is 32.3 Å². The summed E-state index contributed by atoms with van der Waals surface area (Å²) in [6.45, 7) is 0. The summed E-state index contributed by atoms with van der Waals surface area (Å²) in [7, 11) is -3.89. The molecular formula is C14H11N3O4S. The lowest BCUT2D eigenvalue weighted by molar-refractivity contribution is -0.385. The number of aromatic amines is 1. The van der Waals surface area contributed by atoms with Crippen LogP contribution >= 0.6 is 0 Å². The minimum atomic E-state index is -3.89. The van der Waals surface area contributed by atoms with Crippen molar-refractivity contribution in [1.29, 1.82) is 0 Å². The molecule has 0 aliphatic rings. The predicted octanol–water partition coefficient (Wildman–Crippen LogP) is 2.88. The van der Waals surface area contributed by atoms with Crippen LogP contribution in [0.1, 0.15) is 0 Å². The molecule has 0 unspecified atom stereocenters. The summed E-state index contributed by atoms with van der Waals surface area (Å²) >= 11 is 0. The van der Waals surface area contributed by atoms with E-state index in [2.05, 4.69) is 9.71 Å². The zero-order valence-electron chi connectivity index (χ0n) is 11.2. The number of fused-ring (bicyclic) bond motifs is 1. The second-order valence-electron chi connectivity index (χ2n) is 4.64. The zero-order valence-corrected chi connectivity index (χ0v) is 12.0. The van der Waals surface area contributed by atoms with Crippen molar-refractivity contribution in [2.45, 2.75) is 4.90 Å². The van der Waals surface area contributed by atoms with Crippen molar-refractivity contribution in [1.82, 2.24) is 4.98 Å². The van der Waals surface area contributed by atoms with E-state index in [-0.39, 0.29) is 10.6 Å². The van der Waals surface area contributed by atoms with Gasteiger partial charge in [-0.3, -0.25) is 14.8 Å². The fraction of sp³-hybridized carbons (Fsp3) is 0. The van der Waals surface area contributed by atoms with E-state index < -0.39 is 14.9 Å². The molecule has 22 heavy (non-hydrogen) atoms. The minimum Gasteiger partial charge on any atom is -0.361 e. The number of hydrogen-bond donors (Lipinski definition) is 2. The Labute approximate surface area is 125 Å². The monoisotopic (exact) mass is 317 g/mol. The second-order valence-corrected chi connectivity index (χ2v) is 6.32. The summed E-state index contributed by atoms with van der Waals surface area (Å²) in [5, 5.41) is 11.6. The molecule has 7 nitrogen and oxygen atoms in total. The third kappa shape index (κ3) is 2.63. The summed E-state index contributed by atoms with van der Waals surface area (Å²) in [5.41, 5.74) is 1.00. The molecule has 0 fully saturated rings. The molecule has 0 spiro atoms. The van der Waals surface area contributed by atoms with Gasteiger partial charge in [-0.05, 0) is 30.3 Å². The number of aromatic nitrogens is 1. The normalized spacial score (nSPS) is 11.5. The highest BCUT2D eigenvalue weighted by Crippen LogP contribution is 2.23. The molecule has 2 N–H and O–H groups in total. The molecule has 1 aromatic heterocycles. The smallest absolute Gasteiger partial charge is 0.270 e. The van der Waals surface area contributed by atoms with Gasteiger partial charge in [0.05, 0.1) is 9.82 Å². The Bertz CT molecular complexity index is 963.